The Morgan fingerprint density at radius 1 is 1.27 bits per heavy atom. The molecule has 0 radical (unpaired) electrons. The highest BCUT2D eigenvalue weighted by Crippen LogP contribution is 2.48. The second-order valence-electron chi connectivity index (χ2n) is 8.93. The second-order valence-corrected chi connectivity index (χ2v) is 9.66. The summed E-state index contributed by atoms with van der Waals surface area (Å²) in [5.41, 5.74) is 3.87. The third kappa shape index (κ3) is 4.59. The minimum Gasteiger partial charge on any atom is -0.474 e. The summed E-state index contributed by atoms with van der Waals surface area (Å²) in [5.74, 6) is 0.948. The van der Waals surface area contributed by atoms with Gasteiger partial charge in [-0.05, 0) is 49.4 Å². The summed E-state index contributed by atoms with van der Waals surface area (Å²) in [4.78, 5) is 3.66. The first-order chi connectivity index (χ1) is 15.9. The molecule has 1 aliphatic carbocycles. The molecule has 1 N–H and O–H groups in total. The van der Waals surface area contributed by atoms with E-state index in [0.717, 1.165) is 28.3 Å². The highest BCUT2D eigenvalue weighted by Gasteiger charge is 2.43. The van der Waals surface area contributed by atoms with Gasteiger partial charge in [-0.15, -0.1) is 21.8 Å². The number of benzene rings is 1. The monoisotopic (exact) mass is 473 g/mol. The summed E-state index contributed by atoms with van der Waals surface area (Å²) in [6.45, 7) is 3.17. The van der Waals surface area contributed by atoms with Gasteiger partial charge in [-0.1, -0.05) is 18.2 Å². The normalized spacial score (nSPS) is 24.8. The van der Waals surface area contributed by atoms with Crippen LogP contribution < -0.4 is 10.1 Å². The van der Waals surface area contributed by atoms with Crippen molar-refractivity contribution >= 4 is 11.6 Å². The van der Waals surface area contributed by atoms with Crippen LogP contribution in [0.1, 0.15) is 48.3 Å². The number of ether oxygens (including phenoxy) is 1. The van der Waals surface area contributed by atoms with E-state index in [1.165, 1.54) is 0 Å². The third-order valence-electron chi connectivity index (χ3n) is 6.63. The van der Waals surface area contributed by atoms with Crippen LogP contribution in [0.3, 0.4) is 0 Å². The molecule has 33 heavy (non-hydrogen) atoms. The maximum atomic E-state index is 13.5. The molecule has 3 unspecified atom stereocenters. The lowest BCUT2D eigenvalue weighted by Gasteiger charge is -2.41. The number of nitrogens with zero attached hydrogens (tertiary/aromatic N) is 4. The number of fused-ring (bicyclic) bond motifs is 3. The number of rotatable bonds is 5. The topological polar surface area (TPSA) is 64.9 Å². The number of alkyl halides is 3. The van der Waals surface area contributed by atoms with Crippen LogP contribution in [0.5, 0.6) is 5.88 Å². The van der Waals surface area contributed by atoms with Crippen LogP contribution in [-0.4, -0.2) is 32.3 Å². The van der Waals surface area contributed by atoms with Crippen molar-refractivity contribution in [1.29, 1.82) is 0 Å². The first-order valence-corrected chi connectivity index (χ1v) is 11.6. The van der Waals surface area contributed by atoms with E-state index in [9.17, 15) is 8.78 Å². The third-order valence-corrected chi connectivity index (χ3v) is 7.19. The smallest absolute Gasteiger partial charge is 0.239 e. The first kappa shape index (κ1) is 22.2. The number of aromatic nitrogens is 4. The Hall–Kier alpha value is -2.58. The van der Waals surface area contributed by atoms with Crippen molar-refractivity contribution in [2.75, 3.05) is 0 Å². The van der Waals surface area contributed by atoms with Crippen molar-refractivity contribution < 1.29 is 13.5 Å². The van der Waals surface area contributed by atoms with E-state index in [4.69, 9.17) is 16.3 Å². The minimum absolute atomic E-state index is 0.248. The Kier molecular flexibility index (Phi) is 6.05. The Balaban J connectivity index is 1.40. The highest BCUT2D eigenvalue weighted by atomic mass is 35.5. The summed E-state index contributed by atoms with van der Waals surface area (Å²) in [5, 5.41) is 11.5. The fourth-order valence-corrected chi connectivity index (χ4v) is 5.43. The zero-order valence-corrected chi connectivity index (χ0v) is 19.1. The average molecular weight is 474 g/mol. The van der Waals surface area contributed by atoms with E-state index in [-0.39, 0.29) is 18.4 Å². The van der Waals surface area contributed by atoms with Gasteiger partial charge in [0, 0.05) is 30.6 Å². The van der Waals surface area contributed by atoms with E-state index in [1.807, 2.05) is 35.8 Å². The van der Waals surface area contributed by atoms with Crippen molar-refractivity contribution in [3.63, 3.8) is 0 Å². The van der Waals surface area contributed by atoms with Crippen molar-refractivity contribution in [3.05, 3.63) is 65.4 Å². The molecule has 3 heterocycles. The lowest BCUT2D eigenvalue weighted by Crippen LogP contribution is -2.40. The molecule has 3 aromatic rings. The minimum atomic E-state index is -2.42. The molecule has 1 saturated carbocycles. The zero-order valence-electron chi connectivity index (χ0n) is 18.3. The molecule has 174 valence electrons. The van der Waals surface area contributed by atoms with Crippen molar-refractivity contribution in [3.8, 4) is 11.6 Å². The number of hydrogen-bond acceptors (Lipinski definition) is 5. The first-order valence-electron chi connectivity index (χ1n) is 11.2. The fraction of sp³-hybridized carbons (Fsp3) is 0.458. The van der Waals surface area contributed by atoms with E-state index in [0.29, 0.717) is 38.2 Å². The molecule has 0 saturated heterocycles. The summed E-state index contributed by atoms with van der Waals surface area (Å²) < 4.78 is 35.0. The van der Waals surface area contributed by atoms with Crippen LogP contribution in [0.2, 0.25) is 0 Å². The zero-order chi connectivity index (χ0) is 23.0. The Labute approximate surface area is 196 Å². The number of aryl methyl sites for hydroxylation is 1. The Morgan fingerprint density at radius 3 is 2.97 bits per heavy atom. The van der Waals surface area contributed by atoms with Crippen LogP contribution in [0.4, 0.5) is 8.78 Å². The number of nitrogens with one attached hydrogen (secondary N) is 1. The molecule has 2 aromatic heterocycles. The molecule has 0 amide bonds. The quantitative estimate of drug-likeness (QED) is 0.533. The van der Waals surface area contributed by atoms with E-state index < -0.39 is 11.3 Å². The number of pyridine rings is 1. The summed E-state index contributed by atoms with van der Waals surface area (Å²) >= 11 is 7.17. The molecular weight excluding hydrogens is 448 g/mol. The van der Waals surface area contributed by atoms with Gasteiger partial charge < -0.3 is 10.1 Å². The van der Waals surface area contributed by atoms with Gasteiger partial charge in [0.05, 0.1) is 17.1 Å². The predicted octanol–water partition coefficient (Wildman–Crippen LogP) is 4.91. The molecule has 0 spiro atoms. The van der Waals surface area contributed by atoms with E-state index in [1.54, 1.807) is 12.4 Å². The highest BCUT2D eigenvalue weighted by molar-refractivity contribution is 6.24. The lowest BCUT2D eigenvalue weighted by molar-refractivity contribution is 0.0239. The number of hydrogen-bond donors (Lipinski definition) is 1. The molecule has 1 fully saturated rings. The van der Waals surface area contributed by atoms with Gasteiger partial charge in [-0.3, -0.25) is 4.57 Å². The second kappa shape index (κ2) is 8.99. The molecule has 5 rings (SSSR count). The number of halogens is 3. The Morgan fingerprint density at radius 2 is 2.15 bits per heavy atom. The molecule has 0 bridgehead atoms. The van der Waals surface area contributed by atoms with Gasteiger partial charge in [-0.2, -0.15) is 0 Å². The standard InChI is InChI=1S/C24H26ClF2N5O/c1-15-3-2-4-23(30-15)33-20-7-8-24(25,11-16(20)10-21(26)27)18-5-6-19-17(9-18)12-28-13-22-31-29-14-32(19)22/h2-6,9,14,16,20-21,28H,7-8,10-13H2,1H3. The molecule has 6 nitrogen and oxygen atoms in total. The van der Waals surface area contributed by atoms with Gasteiger partial charge >= 0.3 is 0 Å². The summed E-state index contributed by atoms with van der Waals surface area (Å²) in [6.07, 6.45) is 0.325. The molecule has 1 aliphatic heterocycles. The largest absolute Gasteiger partial charge is 0.474 e. The molecule has 3 atom stereocenters. The van der Waals surface area contributed by atoms with Gasteiger partial charge in [0.25, 0.3) is 0 Å². The van der Waals surface area contributed by atoms with Gasteiger partial charge in [-0.25, -0.2) is 13.8 Å². The lowest BCUT2D eigenvalue weighted by atomic mass is 9.74. The molecular formula is C24H26ClF2N5O. The van der Waals surface area contributed by atoms with Gasteiger partial charge in [0.1, 0.15) is 12.4 Å². The molecule has 1 aromatic carbocycles. The molecule has 2 aliphatic rings. The Bertz CT molecular complexity index is 1140. The average Bonchev–Trinajstić information content (AvgIpc) is 3.17. The fourth-order valence-electron chi connectivity index (χ4n) is 5.01. The van der Waals surface area contributed by atoms with Crippen LogP contribution in [0.15, 0.2) is 42.7 Å². The van der Waals surface area contributed by atoms with E-state index in [2.05, 4.69) is 26.6 Å². The van der Waals surface area contributed by atoms with Gasteiger partial charge in [0.15, 0.2) is 5.82 Å². The van der Waals surface area contributed by atoms with Crippen molar-refractivity contribution in [1.82, 2.24) is 25.1 Å². The van der Waals surface area contributed by atoms with Crippen molar-refractivity contribution in [2.45, 2.75) is 63.1 Å². The van der Waals surface area contributed by atoms with Crippen molar-refractivity contribution in [2.24, 2.45) is 5.92 Å². The SMILES string of the molecule is Cc1cccc(OC2CCC(Cl)(c3ccc4c(c3)CNCc3nncn3-4)CC2CC(F)F)n1. The summed E-state index contributed by atoms with van der Waals surface area (Å²) in [6, 6.07) is 11.6. The van der Waals surface area contributed by atoms with Gasteiger partial charge in [0.2, 0.25) is 12.3 Å². The van der Waals surface area contributed by atoms with Crippen LogP contribution in [-0.2, 0) is 18.0 Å². The molecule has 9 heteroatoms. The van der Waals surface area contributed by atoms with Crippen LogP contribution >= 0.6 is 11.6 Å². The maximum Gasteiger partial charge on any atom is 0.239 e. The van der Waals surface area contributed by atoms with Crippen LogP contribution in [0.25, 0.3) is 5.69 Å². The summed E-state index contributed by atoms with van der Waals surface area (Å²) in [7, 11) is 0. The maximum absolute atomic E-state index is 13.5. The van der Waals surface area contributed by atoms with Crippen LogP contribution in [0, 0.1) is 12.8 Å². The van der Waals surface area contributed by atoms with E-state index >= 15 is 0 Å². The predicted molar refractivity (Wildman–Crippen MR) is 121 cm³/mol.